The van der Waals surface area contributed by atoms with Crippen molar-refractivity contribution in [2.75, 3.05) is 0 Å². The molecule has 0 atom stereocenters. The van der Waals surface area contributed by atoms with Crippen LogP contribution in [0.5, 0.6) is 0 Å². The first-order valence-electron chi connectivity index (χ1n) is 4.38. The molecule has 0 aliphatic rings. The maximum absolute atomic E-state index is 3.82. The van der Waals surface area contributed by atoms with E-state index < -0.39 is 12.1 Å². The summed E-state index contributed by atoms with van der Waals surface area (Å²) in [5.41, 5.74) is 0. The van der Waals surface area contributed by atoms with Crippen molar-refractivity contribution in [3.05, 3.63) is 60.7 Å². The zero-order chi connectivity index (χ0) is 9.80. The zero-order valence-electron chi connectivity index (χ0n) is 7.56. The van der Waals surface area contributed by atoms with Crippen LogP contribution in [0.1, 0.15) is 0 Å². The second-order valence-corrected chi connectivity index (χ2v) is 9.30. The Hall–Kier alpha value is -0.561. The van der Waals surface area contributed by atoms with Crippen molar-refractivity contribution in [3.8, 4) is 0 Å². The fourth-order valence-corrected chi connectivity index (χ4v) is 5.69. The number of hydrogen-bond donors (Lipinski definition) is 0. The van der Waals surface area contributed by atoms with Crippen LogP contribution in [0.2, 0.25) is 0 Å². The van der Waals surface area contributed by atoms with Crippen LogP contribution in [0.25, 0.3) is 0 Å². The van der Waals surface area contributed by atoms with Crippen molar-refractivity contribution >= 4 is 35.1 Å². The van der Waals surface area contributed by atoms with Crippen LogP contribution in [0, 0.1) is 0 Å². The first kappa shape index (κ1) is 9.97. The molecule has 0 saturated heterocycles. The van der Waals surface area contributed by atoms with E-state index in [1.54, 1.807) is 0 Å². The molecule has 0 unspecified atom stereocenters. The number of benzene rings is 2. The molecule has 2 heteroatoms. The molecule has 0 aromatic heterocycles. The summed E-state index contributed by atoms with van der Waals surface area (Å²) in [6, 6.07) is 21.2. The molecule has 0 amide bonds. The number of rotatable bonds is 2. The second-order valence-electron chi connectivity index (χ2n) is 2.88. The van der Waals surface area contributed by atoms with Crippen molar-refractivity contribution in [1.29, 1.82) is 0 Å². The minimum atomic E-state index is -0.966. The van der Waals surface area contributed by atoms with Crippen molar-refractivity contribution < 1.29 is 0 Å². The third kappa shape index (κ3) is 2.27. The van der Waals surface area contributed by atoms with Gasteiger partial charge in [-0.1, -0.05) is 0 Å². The molecule has 0 spiro atoms. The van der Waals surface area contributed by atoms with Gasteiger partial charge in [0.25, 0.3) is 0 Å². The number of halogens is 1. The van der Waals surface area contributed by atoms with Gasteiger partial charge in [-0.2, -0.15) is 0 Å². The Morgan fingerprint density at radius 2 is 1.00 bits per heavy atom. The average Bonchev–Trinajstić information content (AvgIpc) is 2.30. The topological polar surface area (TPSA) is 0 Å². The Morgan fingerprint density at radius 3 is 1.36 bits per heavy atom. The van der Waals surface area contributed by atoms with E-state index in [1.165, 1.54) is 8.92 Å². The summed E-state index contributed by atoms with van der Waals surface area (Å²) in [6.45, 7) is 0. The van der Waals surface area contributed by atoms with Gasteiger partial charge in [-0.3, -0.25) is 0 Å². The van der Waals surface area contributed by atoms with Gasteiger partial charge in [0.15, 0.2) is 0 Å². The predicted molar refractivity (Wildman–Crippen MR) is 66.8 cm³/mol. The normalized spacial score (nSPS) is 10.4. The van der Waals surface area contributed by atoms with Gasteiger partial charge in [-0.05, 0) is 0 Å². The Kier molecular flexibility index (Phi) is 3.41. The SMILES string of the molecule is Br[Se](c1ccccc1)c1ccccc1. The van der Waals surface area contributed by atoms with Crippen LogP contribution in [0.3, 0.4) is 0 Å². The standard InChI is InChI=1S/C12H10BrSe/c13-14(11-7-3-1-4-8-11)12-9-5-2-6-10-12/h1-10H. The average molecular weight is 313 g/mol. The fraction of sp³-hybridized carbons (Fsp3) is 0. The van der Waals surface area contributed by atoms with E-state index in [2.05, 4.69) is 74.8 Å². The van der Waals surface area contributed by atoms with Crippen molar-refractivity contribution in [2.45, 2.75) is 0 Å². The first-order chi connectivity index (χ1) is 6.88. The monoisotopic (exact) mass is 313 g/mol. The van der Waals surface area contributed by atoms with Crippen LogP contribution in [0.4, 0.5) is 0 Å². The molecule has 2 aromatic rings. The maximum atomic E-state index is 3.82. The Labute approximate surface area is 95.5 Å². The molecule has 0 saturated carbocycles. The van der Waals surface area contributed by atoms with E-state index in [4.69, 9.17) is 0 Å². The van der Waals surface area contributed by atoms with E-state index in [9.17, 15) is 0 Å². The van der Waals surface area contributed by atoms with Crippen LogP contribution < -0.4 is 8.92 Å². The molecule has 14 heavy (non-hydrogen) atoms. The molecule has 0 nitrogen and oxygen atoms in total. The molecule has 1 radical (unpaired) electrons. The van der Waals surface area contributed by atoms with Crippen LogP contribution in [-0.2, 0) is 0 Å². The fourth-order valence-electron chi connectivity index (χ4n) is 1.22. The molecule has 0 N–H and O–H groups in total. The summed E-state index contributed by atoms with van der Waals surface area (Å²) in [6.07, 6.45) is 0. The summed E-state index contributed by atoms with van der Waals surface area (Å²) < 4.78 is 2.83. The third-order valence-electron chi connectivity index (χ3n) is 1.90. The molecule has 2 rings (SSSR count). The molecular formula is C12H10BrSe. The van der Waals surface area contributed by atoms with Gasteiger partial charge in [0.1, 0.15) is 0 Å². The number of hydrogen-bond acceptors (Lipinski definition) is 0. The summed E-state index contributed by atoms with van der Waals surface area (Å²) in [5, 5.41) is 0. The Balaban J connectivity index is 2.30. The molecular weight excluding hydrogens is 303 g/mol. The Bertz CT molecular complexity index is 346. The van der Waals surface area contributed by atoms with Gasteiger partial charge in [0.05, 0.1) is 0 Å². The quantitative estimate of drug-likeness (QED) is 0.746. The third-order valence-corrected chi connectivity index (χ3v) is 8.66. The van der Waals surface area contributed by atoms with Crippen LogP contribution in [-0.4, -0.2) is 12.1 Å². The summed E-state index contributed by atoms with van der Waals surface area (Å²) >= 11 is 2.85. The van der Waals surface area contributed by atoms with Crippen LogP contribution >= 0.6 is 14.1 Å². The molecule has 0 aliphatic heterocycles. The predicted octanol–water partition coefficient (Wildman–Crippen LogP) is 2.19. The van der Waals surface area contributed by atoms with Gasteiger partial charge in [-0.15, -0.1) is 0 Å². The van der Waals surface area contributed by atoms with Gasteiger partial charge in [-0.25, -0.2) is 0 Å². The second kappa shape index (κ2) is 4.79. The van der Waals surface area contributed by atoms with Crippen LogP contribution in [0.15, 0.2) is 60.7 Å². The van der Waals surface area contributed by atoms with Gasteiger partial charge < -0.3 is 0 Å². The van der Waals surface area contributed by atoms with Gasteiger partial charge in [0, 0.05) is 0 Å². The van der Waals surface area contributed by atoms with E-state index in [0.717, 1.165) is 0 Å². The molecule has 0 bridgehead atoms. The molecule has 0 fully saturated rings. The summed E-state index contributed by atoms with van der Waals surface area (Å²) in [7, 11) is 0. The van der Waals surface area contributed by atoms with E-state index in [1.807, 2.05) is 0 Å². The van der Waals surface area contributed by atoms with Crippen molar-refractivity contribution in [3.63, 3.8) is 0 Å². The molecule has 0 aliphatic carbocycles. The summed E-state index contributed by atoms with van der Waals surface area (Å²) in [4.78, 5) is 0. The Morgan fingerprint density at radius 1 is 0.643 bits per heavy atom. The van der Waals surface area contributed by atoms with Crippen molar-refractivity contribution in [1.82, 2.24) is 0 Å². The molecule has 71 valence electrons. The molecule has 0 heterocycles. The van der Waals surface area contributed by atoms with E-state index in [0.29, 0.717) is 0 Å². The van der Waals surface area contributed by atoms with Gasteiger partial charge in [0.2, 0.25) is 0 Å². The van der Waals surface area contributed by atoms with E-state index >= 15 is 0 Å². The van der Waals surface area contributed by atoms with Crippen molar-refractivity contribution in [2.24, 2.45) is 0 Å². The van der Waals surface area contributed by atoms with Gasteiger partial charge >= 0.3 is 95.8 Å². The first-order valence-corrected chi connectivity index (χ1v) is 10.1. The van der Waals surface area contributed by atoms with E-state index in [-0.39, 0.29) is 0 Å². The summed E-state index contributed by atoms with van der Waals surface area (Å²) in [5.74, 6) is 0. The zero-order valence-corrected chi connectivity index (χ0v) is 10.9. The molecule has 2 aromatic carbocycles. The minimum absolute atomic E-state index is 0.966.